The molecule has 0 aromatic carbocycles. The average Bonchev–Trinajstić information content (AvgIpc) is 2.83. The van der Waals surface area contributed by atoms with Gasteiger partial charge in [0.05, 0.1) is 5.69 Å². The molecule has 0 aliphatic heterocycles. The van der Waals surface area contributed by atoms with E-state index in [1.165, 1.54) is 43.4 Å². The summed E-state index contributed by atoms with van der Waals surface area (Å²) in [5.74, 6) is -0.843. The average molecular weight is 282 g/mol. The molecule has 19 heavy (non-hydrogen) atoms. The summed E-state index contributed by atoms with van der Waals surface area (Å²) in [5.41, 5.74) is 0.748. The fourth-order valence-corrected chi connectivity index (χ4v) is 3.67. The van der Waals surface area contributed by atoms with Gasteiger partial charge in [0.15, 0.2) is 5.13 Å². The Morgan fingerprint density at radius 1 is 1.42 bits per heavy atom. The predicted octanol–water partition coefficient (Wildman–Crippen LogP) is 3.56. The summed E-state index contributed by atoms with van der Waals surface area (Å²) in [4.78, 5) is 18.4. The fourth-order valence-electron chi connectivity index (χ4n) is 2.69. The summed E-state index contributed by atoms with van der Waals surface area (Å²) in [7, 11) is 2.05. The SMILES string of the molecule is CCCc1nc(N(C)C2CCCCC2)sc1C(=O)O. The molecule has 1 saturated carbocycles. The third kappa shape index (κ3) is 3.26. The van der Waals surface area contributed by atoms with Gasteiger partial charge in [0.1, 0.15) is 4.88 Å². The topological polar surface area (TPSA) is 53.4 Å². The second-order valence-corrected chi connectivity index (χ2v) is 6.21. The minimum Gasteiger partial charge on any atom is -0.477 e. The lowest BCUT2D eigenvalue weighted by Gasteiger charge is -2.30. The van der Waals surface area contributed by atoms with Crippen LogP contribution in [0.5, 0.6) is 0 Å². The van der Waals surface area contributed by atoms with E-state index < -0.39 is 5.97 Å². The molecule has 0 unspecified atom stereocenters. The lowest BCUT2D eigenvalue weighted by molar-refractivity contribution is 0.0700. The Bertz CT molecular complexity index is 439. The number of rotatable bonds is 5. The lowest BCUT2D eigenvalue weighted by Crippen LogP contribution is -2.33. The number of carboxylic acid groups (broad SMARTS) is 1. The molecule has 2 rings (SSSR count). The van der Waals surface area contributed by atoms with Gasteiger partial charge in [-0.2, -0.15) is 0 Å². The van der Waals surface area contributed by atoms with Gasteiger partial charge in [0, 0.05) is 13.1 Å². The van der Waals surface area contributed by atoms with Gasteiger partial charge in [-0.25, -0.2) is 9.78 Å². The Hall–Kier alpha value is -1.10. The van der Waals surface area contributed by atoms with E-state index in [1.54, 1.807) is 0 Å². The van der Waals surface area contributed by atoms with Gasteiger partial charge in [0.25, 0.3) is 0 Å². The quantitative estimate of drug-likeness (QED) is 0.897. The molecule has 0 spiro atoms. The number of aromatic carboxylic acids is 1. The zero-order valence-corrected chi connectivity index (χ0v) is 12.5. The van der Waals surface area contributed by atoms with Gasteiger partial charge in [-0.3, -0.25) is 0 Å². The van der Waals surface area contributed by atoms with E-state index in [4.69, 9.17) is 0 Å². The number of nitrogens with zero attached hydrogens (tertiary/aromatic N) is 2. The van der Waals surface area contributed by atoms with Gasteiger partial charge in [-0.15, -0.1) is 0 Å². The normalized spacial score (nSPS) is 16.5. The molecule has 0 radical (unpaired) electrons. The van der Waals surface area contributed by atoms with Crippen LogP contribution >= 0.6 is 11.3 Å². The summed E-state index contributed by atoms with van der Waals surface area (Å²) in [6.45, 7) is 2.05. The van der Waals surface area contributed by atoms with Crippen LogP contribution in [0.1, 0.15) is 60.8 Å². The van der Waals surface area contributed by atoms with Crippen molar-refractivity contribution in [1.29, 1.82) is 0 Å². The highest BCUT2D eigenvalue weighted by atomic mass is 32.1. The second kappa shape index (κ2) is 6.37. The van der Waals surface area contributed by atoms with Gasteiger partial charge < -0.3 is 10.0 Å². The van der Waals surface area contributed by atoms with Crippen LogP contribution in [0.3, 0.4) is 0 Å². The van der Waals surface area contributed by atoms with E-state index in [0.717, 1.165) is 23.7 Å². The first kappa shape index (κ1) is 14.3. The van der Waals surface area contributed by atoms with Crippen LogP contribution in [-0.4, -0.2) is 29.1 Å². The largest absolute Gasteiger partial charge is 0.477 e. The first-order valence-corrected chi connectivity index (χ1v) is 7.91. The summed E-state index contributed by atoms with van der Waals surface area (Å²) in [6, 6.07) is 0.524. The van der Waals surface area contributed by atoms with E-state index in [9.17, 15) is 9.90 Å². The standard InChI is InChI=1S/C14H22N2O2S/c1-3-7-11-12(13(17)18)19-14(15-11)16(2)10-8-5-4-6-9-10/h10H,3-9H2,1-2H3,(H,17,18). The molecule has 0 amide bonds. The fraction of sp³-hybridized carbons (Fsp3) is 0.714. The summed E-state index contributed by atoms with van der Waals surface area (Å²) < 4.78 is 0. The second-order valence-electron chi connectivity index (χ2n) is 5.23. The maximum atomic E-state index is 11.3. The number of hydrogen-bond acceptors (Lipinski definition) is 4. The molecule has 1 heterocycles. The third-order valence-electron chi connectivity index (χ3n) is 3.79. The highest BCUT2D eigenvalue weighted by Crippen LogP contribution is 2.31. The molecule has 4 nitrogen and oxygen atoms in total. The molecule has 5 heteroatoms. The molecule has 0 bridgehead atoms. The van der Waals surface area contributed by atoms with Gasteiger partial charge in [-0.05, 0) is 19.3 Å². The molecule has 1 N–H and O–H groups in total. The van der Waals surface area contributed by atoms with Gasteiger partial charge in [-0.1, -0.05) is 43.9 Å². The van der Waals surface area contributed by atoms with Crippen LogP contribution < -0.4 is 4.90 Å². The van der Waals surface area contributed by atoms with Gasteiger partial charge >= 0.3 is 5.97 Å². The van der Waals surface area contributed by atoms with Crippen molar-refractivity contribution in [3.05, 3.63) is 10.6 Å². The van der Waals surface area contributed by atoms with Crippen LogP contribution in [0.2, 0.25) is 0 Å². The minimum atomic E-state index is -0.843. The number of anilines is 1. The molecule has 106 valence electrons. The van der Waals surface area contributed by atoms with Crippen molar-refractivity contribution in [2.24, 2.45) is 0 Å². The van der Waals surface area contributed by atoms with E-state index in [0.29, 0.717) is 10.9 Å². The number of aryl methyl sites for hydroxylation is 1. The van der Waals surface area contributed by atoms with E-state index >= 15 is 0 Å². The van der Waals surface area contributed by atoms with Crippen LogP contribution in [-0.2, 0) is 6.42 Å². The zero-order chi connectivity index (χ0) is 13.8. The molecular weight excluding hydrogens is 260 g/mol. The number of carbonyl (C=O) groups is 1. The molecule has 1 aromatic rings. The number of aromatic nitrogens is 1. The Morgan fingerprint density at radius 3 is 2.68 bits per heavy atom. The van der Waals surface area contributed by atoms with E-state index in [-0.39, 0.29) is 0 Å². The molecular formula is C14H22N2O2S. The lowest BCUT2D eigenvalue weighted by atomic mass is 9.95. The van der Waals surface area contributed by atoms with E-state index in [1.807, 2.05) is 0 Å². The number of thiazole rings is 1. The monoisotopic (exact) mass is 282 g/mol. The zero-order valence-electron chi connectivity index (χ0n) is 11.7. The summed E-state index contributed by atoms with van der Waals surface area (Å²) in [5, 5.41) is 10.1. The van der Waals surface area contributed by atoms with Crippen molar-refractivity contribution < 1.29 is 9.90 Å². The van der Waals surface area contributed by atoms with E-state index in [2.05, 4.69) is 23.9 Å². The van der Waals surface area contributed by atoms with Crippen molar-refractivity contribution in [1.82, 2.24) is 4.98 Å². The molecule has 0 atom stereocenters. The molecule has 0 saturated heterocycles. The predicted molar refractivity (Wildman–Crippen MR) is 78.3 cm³/mol. The highest BCUT2D eigenvalue weighted by Gasteiger charge is 2.23. The molecule has 1 fully saturated rings. The Labute approximate surface area is 118 Å². The Balaban J connectivity index is 2.18. The highest BCUT2D eigenvalue weighted by molar-refractivity contribution is 7.17. The van der Waals surface area contributed by atoms with Crippen LogP contribution in [0.15, 0.2) is 0 Å². The van der Waals surface area contributed by atoms with Crippen molar-refractivity contribution in [3.8, 4) is 0 Å². The Kier molecular flexibility index (Phi) is 4.80. The summed E-state index contributed by atoms with van der Waals surface area (Å²) >= 11 is 1.32. The Morgan fingerprint density at radius 2 is 2.11 bits per heavy atom. The van der Waals surface area contributed by atoms with Crippen molar-refractivity contribution in [2.75, 3.05) is 11.9 Å². The maximum absolute atomic E-state index is 11.3. The van der Waals surface area contributed by atoms with Crippen molar-refractivity contribution >= 4 is 22.4 Å². The smallest absolute Gasteiger partial charge is 0.347 e. The van der Waals surface area contributed by atoms with Gasteiger partial charge in [0.2, 0.25) is 0 Å². The minimum absolute atomic E-state index is 0.416. The van der Waals surface area contributed by atoms with Crippen LogP contribution in [0, 0.1) is 0 Å². The van der Waals surface area contributed by atoms with Crippen molar-refractivity contribution in [2.45, 2.75) is 57.9 Å². The number of carboxylic acids is 1. The maximum Gasteiger partial charge on any atom is 0.347 e. The molecule has 1 aromatic heterocycles. The summed E-state index contributed by atoms with van der Waals surface area (Å²) in [6.07, 6.45) is 7.93. The first-order valence-electron chi connectivity index (χ1n) is 7.09. The van der Waals surface area contributed by atoms with Crippen LogP contribution in [0.25, 0.3) is 0 Å². The third-order valence-corrected chi connectivity index (χ3v) is 4.97. The van der Waals surface area contributed by atoms with Crippen LogP contribution in [0.4, 0.5) is 5.13 Å². The molecule has 1 aliphatic rings. The number of hydrogen-bond donors (Lipinski definition) is 1. The first-order chi connectivity index (χ1) is 9.13. The molecule has 1 aliphatic carbocycles. The van der Waals surface area contributed by atoms with Crippen molar-refractivity contribution in [3.63, 3.8) is 0 Å².